The van der Waals surface area contributed by atoms with Crippen LogP contribution in [-0.4, -0.2) is 35.6 Å². The molecule has 0 aromatic rings. The summed E-state index contributed by atoms with van der Waals surface area (Å²) < 4.78 is 0. The zero-order chi connectivity index (χ0) is 16.5. The van der Waals surface area contributed by atoms with E-state index < -0.39 is 5.60 Å². The van der Waals surface area contributed by atoms with Gasteiger partial charge >= 0.3 is 0 Å². The molecule has 2 aliphatic rings. The van der Waals surface area contributed by atoms with Gasteiger partial charge in [-0.25, -0.2) is 0 Å². The number of carbonyl (C=O) groups excluding carboxylic acids is 2. The van der Waals surface area contributed by atoms with Crippen LogP contribution >= 0.6 is 0 Å². The highest BCUT2D eigenvalue weighted by Gasteiger charge is 2.31. The molecular formula is C18H32N2O3. The SMILES string of the molecule is O=C(CC1CCCCC1)NCCNC(=O)CC1(O)CCCCC1. The van der Waals surface area contributed by atoms with Gasteiger partial charge in [0.05, 0.1) is 12.0 Å². The minimum Gasteiger partial charge on any atom is -0.389 e. The monoisotopic (exact) mass is 324 g/mol. The van der Waals surface area contributed by atoms with E-state index in [9.17, 15) is 14.7 Å². The highest BCUT2D eigenvalue weighted by molar-refractivity contribution is 5.77. The summed E-state index contributed by atoms with van der Waals surface area (Å²) in [6.45, 7) is 0.904. The molecule has 5 heteroatoms. The Morgan fingerprint density at radius 2 is 1.43 bits per heavy atom. The topological polar surface area (TPSA) is 78.4 Å². The maximum atomic E-state index is 11.9. The first kappa shape index (κ1) is 18.2. The van der Waals surface area contributed by atoms with Crippen LogP contribution in [0.15, 0.2) is 0 Å². The first-order valence-corrected chi connectivity index (χ1v) is 9.33. The third-order valence-corrected chi connectivity index (χ3v) is 5.24. The van der Waals surface area contributed by atoms with Crippen LogP contribution < -0.4 is 10.6 Å². The second-order valence-corrected chi connectivity index (χ2v) is 7.37. The van der Waals surface area contributed by atoms with Gasteiger partial charge in [-0.2, -0.15) is 0 Å². The average Bonchev–Trinajstić information content (AvgIpc) is 2.53. The van der Waals surface area contributed by atoms with E-state index in [0.717, 1.165) is 32.1 Å². The molecule has 0 aliphatic heterocycles. The first-order chi connectivity index (χ1) is 11.1. The highest BCUT2D eigenvalue weighted by atomic mass is 16.3. The number of carbonyl (C=O) groups is 2. The third kappa shape index (κ3) is 6.90. The Kier molecular flexibility index (Phi) is 7.34. The number of hydrogen-bond donors (Lipinski definition) is 3. The normalized spacial score (nSPS) is 21.6. The van der Waals surface area contributed by atoms with Crippen LogP contribution in [0, 0.1) is 5.92 Å². The zero-order valence-corrected chi connectivity index (χ0v) is 14.2. The molecule has 0 heterocycles. The van der Waals surface area contributed by atoms with Gasteiger partial charge in [0.25, 0.3) is 0 Å². The number of hydrogen-bond acceptors (Lipinski definition) is 3. The fourth-order valence-electron chi connectivity index (χ4n) is 3.88. The predicted octanol–water partition coefficient (Wildman–Crippen LogP) is 2.27. The van der Waals surface area contributed by atoms with Crippen molar-refractivity contribution in [3.8, 4) is 0 Å². The minimum absolute atomic E-state index is 0.0945. The molecule has 3 N–H and O–H groups in total. The van der Waals surface area contributed by atoms with Crippen molar-refractivity contribution in [2.45, 2.75) is 82.7 Å². The molecule has 0 atom stereocenters. The molecule has 2 fully saturated rings. The van der Waals surface area contributed by atoms with E-state index in [-0.39, 0.29) is 18.2 Å². The van der Waals surface area contributed by atoms with Gasteiger partial charge < -0.3 is 15.7 Å². The Bertz CT molecular complexity index is 386. The average molecular weight is 324 g/mol. The van der Waals surface area contributed by atoms with Gasteiger partial charge in [0.15, 0.2) is 0 Å². The van der Waals surface area contributed by atoms with Crippen molar-refractivity contribution in [3.05, 3.63) is 0 Å². The van der Waals surface area contributed by atoms with E-state index in [4.69, 9.17) is 0 Å². The molecule has 2 amide bonds. The van der Waals surface area contributed by atoms with Crippen LogP contribution in [-0.2, 0) is 9.59 Å². The van der Waals surface area contributed by atoms with Crippen molar-refractivity contribution in [1.29, 1.82) is 0 Å². The van der Waals surface area contributed by atoms with Gasteiger partial charge in [-0.15, -0.1) is 0 Å². The Morgan fingerprint density at radius 3 is 2.09 bits per heavy atom. The molecule has 2 saturated carbocycles. The summed E-state index contributed by atoms with van der Waals surface area (Å²) in [6.07, 6.45) is 11.5. The van der Waals surface area contributed by atoms with E-state index in [1.165, 1.54) is 32.1 Å². The molecule has 2 rings (SSSR count). The van der Waals surface area contributed by atoms with Gasteiger partial charge in [0.1, 0.15) is 0 Å². The summed E-state index contributed by atoms with van der Waals surface area (Å²) in [4.78, 5) is 23.8. The maximum Gasteiger partial charge on any atom is 0.222 e. The first-order valence-electron chi connectivity index (χ1n) is 9.33. The second kappa shape index (κ2) is 9.26. The van der Waals surface area contributed by atoms with Crippen molar-refractivity contribution < 1.29 is 14.7 Å². The summed E-state index contributed by atoms with van der Waals surface area (Å²) in [5, 5.41) is 16.0. The lowest BCUT2D eigenvalue weighted by Gasteiger charge is -2.31. The smallest absolute Gasteiger partial charge is 0.222 e. The van der Waals surface area contributed by atoms with Crippen LogP contribution in [0.25, 0.3) is 0 Å². The molecule has 23 heavy (non-hydrogen) atoms. The summed E-state index contributed by atoms with van der Waals surface area (Å²) in [5.41, 5.74) is -0.813. The molecular weight excluding hydrogens is 292 g/mol. The van der Waals surface area contributed by atoms with Crippen molar-refractivity contribution in [3.63, 3.8) is 0 Å². The summed E-state index contributed by atoms with van der Waals surface area (Å²) in [7, 11) is 0. The van der Waals surface area contributed by atoms with Gasteiger partial charge in [0, 0.05) is 19.5 Å². The lowest BCUT2D eigenvalue weighted by Crippen LogP contribution is -2.41. The number of nitrogens with one attached hydrogen (secondary N) is 2. The molecule has 2 aliphatic carbocycles. The van der Waals surface area contributed by atoms with Crippen LogP contribution in [0.5, 0.6) is 0 Å². The third-order valence-electron chi connectivity index (χ3n) is 5.24. The lowest BCUT2D eigenvalue weighted by molar-refractivity contribution is -0.128. The fourth-order valence-corrected chi connectivity index (χ4v) is 3.88. The van der Waals surface area contributed by atoms with Crippen molar-refractivity contribution >= 4 is 11.8 Å². The Labute approximate surface area is 139 Å². The molecule has 132 valence electrons. The Hall–Kier alpha value is -1.10. The summed E-state index contributed by atoms with van der Waals surface area (Å²) in [6, 6.07) is 0. The number of aliphatic hydroxyl groups is 1. The van der Waals surface area contributed by atoms with Gasteiger partial charge in [-0.05, 0) is 31.6 Å². The second-order valence-electron chi connectivity index (χ2n) is 7.37. The summed E-state index contributed by atoms with van der Waals surface area (Å²) in [5.74, 6) is 0.520. The van der Waals surface area contributed by atoms with Gasteiger partial charge in [-0.3, -0.25) is 9.59 Å². The molecule has 0 saturated heterocycles. The van der Waals surface area contributed by atoms with Gasteiger partial charge in [-0.1, -0.05) is 38.5 Å². The van der Waals surface area contributed by atoms with E-state index in [0.29, 0.717) is 25.4 Å². The van der Waals surface area contributed by atoms with E-state index in [1.807, 2.05) is 0 Å². The Balaban J connectivity index is 1.53. The van der Waals surface area contributed by atoms with E-state index in [1.54, 1.807) is 0 Å². The van der Waals surface area contributed by atoms with Crippen molar-refractivity contribution in [2.75, 3.05) is 13.1 Å². The molecule has 0 bridgehead atoms. The van der Waals surface area contributed by atoms with Crippen molar-refractivity contribution in [2.24, 2.45) is 5.92 Å². The number of rotatable bonds is 7. The van der Waals surface area contributed by atoms with E-state index >= 15 is 0 Å². The fraction of sp³-hybridized carbons (Fsp3) is 0.889. The maximum absolute atomic E-state index is 11.9. The predicted molar refractivity (Wildman–Crippen MR) is 89.9 cm³/mol. The molecule has 0 spiro atoms. The molecule has 0 aromatic carbocycles. The van der Waals surface area contributed by atoms with Crippen LogP contribution in [0.3, 0.4) is 0 Å². The molecule has 5 nitrogen and oxygen atoms in total. The number of amides is 2. The molecule has 0 unspecified atom stereocenters. The van der Waals surface area contributed by atoms with Crippen LogP contribution in [0.1, 0.15) is 77.0 Å². The molecule has 0 aromatic heterocycles. The quantitative estimate of drug-likeness (QED) is 0.629. The highest BCUT2D eigenvalue weighted by Crippen LogP contribution is 2.30. The van der Waals surface area contributed by atoms with Gasteiger partial charge in [0.2, 0.25) is 11.8 Å². The minimum atomic E-state index is -0.813. The Morgan fingerprint density at radius 1 is 0.870 bits per heavy atom. The molecule has 0 radical (unpaired) electrons. The largest absolute Gasteiger partial charge is 0.389 e. The van der Waals surface area contributed by atoms with Crippen molar-refractivity contribution in [1.82, 2.24) is 10.6 Å². The zero-order valence-electron chi connectivity index (χ0n) is 14.2. The standard InChI is InChI=1S/C18H32N2O3/c21-16(13-15-7-3-1-4-8-15)19-11-12-20-17(22)14-18(23)9-5-2-6-10-18/h15,23H,1-14H2,(H,19,21)(H,20,22). The van der Waals surface area contributed by atoms with Crippen LogP contribution in [0.4, 0.5) is 0 Å². The summed E-state index contributed by atoms with van der Waals surface area (Å²) >= 11 is 0. The van der Waals surface area contributed by atoms with Crippen LogP contribution in [0.2, 0.25) is 0 Å². The lowest BCUT2D eigenvalue weighted by atomic mass is 9.82. The van der Waals surface area contributed by atoms with E-state index in [2.05, 4.69) is 10.6 Å².